The molecule has 7 nitrogen and oxygen atoms in total. The van der Waals surface area contributed by atoms with Gasteiger partial charge in [-0.1, -0.05) is 17.2 Å². The summed E-state index contributed by atoms with van der Waals surface area (Å²) >= 11 is 0. The van der Waals surface area contributed by atoms with Gasteiger partial charge in [-0.2, -0.15) is 23.5 Å². The number of ether oxygens (including phenoxy) is 1. The molecular weight excluding hydrogens is 392 g/mol. The number of hydrogen-bond acceptors (Lipinski definition) is 4. The molecule has 0 N–H and O–H groups in total. The molecule has 146 valence electrons. The highest BCUT2D eigenvalue weighted by Crippen LogP contribution is 2.38. The summed E-state index contributed by atoms with van der Waals surface area (Å²) in [4.78, 5) is 2.62. The van der Waals surface area contributed by atoms with Gasteiger partial charge in [-0.15, -0.1) is 0 Å². The van der Waals surface area contributed by atoms with Gasteiger partial charge in [0.2, 0.25) is 0 Å². The van der Waals surface area contributed by atoms with E-state index in [4.69, 9.17) is 10.3 Å². The van der Waals surface area contributed by atoms with Crippen molar-refractivity contribution in [2.75, 3.05) is 7.11 Å². The Kier molecular flexibility index (Phi) is 5.12. The van der Waals surface area contributed by atoms with Crippen molar-refractivity contribution >= 4 is 5.69 Å². The van der Waals surface area contributed by atoms with Crippen LogP contribution in [0.1, 0.15) is 11.3 Å². The Bertz CT molecular complexity index is 1150. The zero-order chi connectivity index (χ0) is 21.2. The van der Waals surface area contributed by atoms with Gasteiger partial charge < -0.3 is 4.74 Å². The van der Waals surface area contributed by atoms with Crippen LogP contribution in [0.5, 0.6) is 5.75 Å². The van der Waals surface area contributed by atoms with Gasteiger partial charge in [0.05, 0.1) is 18.5 Å². The first-order valence-electron chi connectivity index (χ1n) is 7.90. The van der Waals surface area contributed by atoms with Crippen molar-refractivity contribution in [2.24, 2.45) is 5.11 Å². The Hall–Kier alpha value is -4.03. The van der Waals surface area contributed by atoms with E-state index in [9.17, 15) is 22.8 Å². The first kappa shape index (κ1) is 19.7. The quantitative estimate of drug-likeness (QED) is 0.249. The molecule has 3 aromatic rings. The van der Waals surface area contributed by atoms with Crippen LogP contribution in [-0.4, -0.2) is 16.9 Å². The molecule has 0 saturated carbocycles. The maximum absolute atomic E-state index is 14.2. The summed E-state index contributed by atoms with van der Waals surface area (Å²) in [5.74, 6) is -0.915. The fourth-order valence-corrected chi connectivity index (χ4v) is 2.70. The third-order valence-corrected chi connectivity index (χ3v) is 3.95. The summed E-state index contributed by atoms with van der Waals surface area (Å²) in [7, 11) is 1.25. The number of nitriles is 1. The molecular formula is C18H10F4N6O. The molecule has 0 aliphatic carbocycles. The van der Waals surface area contributed by atoms with Gasteiger partial charge >= 0.3 is 6.18 Å². The lowest BCUT2D eigenvalue weighted by molar-refractivity contribution is -0.141. The highest BCUT2D eigenvalue weighted by atomic mass is 19.4. The van der Waals surface area contributed by atoms with Crippen molar-refractivity contribution in [3.8, 4) is 28.8 Å². The van der Waals surface area contributed by atoms with E-state index in [-0.39, 0.29) is 28.4 Å². The molecule has 1 heterocycles. The fourth-order valence-electron chi connectivity index (χ4n) is 2.70. The molecule has 0 spiro atoms. The Morgan fingerprint density at radius 1 is 1.21 bits per heavy atom. The molecule has 0 saturated heterocycles. The van der Waals surface area contributed by atoms with Gasteiger partial charge in [0.1, 0.15) is 11.6 Å². The molecule has 29 heavy (non-hydrogen) atoms. The normalized spacial score (nSPS) is 10.9. The summed E-state index contributed by atoms with van der Waals surface area (Å²) in [5.41, 5.74) is 6.47. The standard InChI is InChI=1S/C18H10F4N6O/c1-29-15-7-2-10(8-14(15)19)16-13(9-23)17(18(20,21)22)26-28(16)12-5-3-11(4-6-12)25-27-24/h2-8H,1H3. The lowest BCUT2D eigenvalue weighted by Gasteiger charge is -2.10. The second-order valence-electron chi connectivity index (χ2n) is 5.65. The molecule has 2 aromatic carbocycles. The van der Waals surface area contributed by atoms with Crippen LogP contribution in [0, 0.1) is 17.1 Å². The molecule has 0 atom stereocenters. The molecule has 0 aliphatic heterocycles. The van der Waals surface area contributed by atoms with E-state index < -0.39 is 23.3 Å². The van der Waals surface area contributed by atoms with E-state index in [1.807, 2.05) is 0 Å². The molecule has 0 aliphatic rings. The van der Waals surface area contributed by atoms with Gasteiger partial charge in [-0.3, -0.25) is 0 Å². The summed E-state index contributed by atoms with van der Waals surface area (Å²) in [5, 5.41) is 16.3. The van der Waals surface area contributed by atoms with Crippen molar-refractivity contribution in [3.05, 3.63) is 70.0 Å². The van der Waals surface area contributed by atoms with Gasteiger partial charge in [0.15, 0.2) is 17.3 Å². The minimum Gasteiger partial charge on any atom is -0.494 e. The molecule has 0 unspecified atom stereocenters. The van der Waals surface area contributed by atoms with E-state index in [1.165, 1.54) is 49.6 Å². The highest BCUT2D eigenvalue weighted by molar-refractivity contribution is 5.71. The molecule has 11 heteroatoms. The maximum Gasteiger partial charge on any atom is 0.436 e. The summed E-state index contributed by atoms with van der Waals surface area (Å²) in [6.07, 6.45) is -4.90. The second kappa shape index (κ2) is 7.53. The average molecular weight is 402 g/mol. The van der Waals surface area contributed by atoms with Crippen LogP contribution in [0.4, 0.5) is 23.2 Å². The SMILES string of the molecule is COc1ccc(-c2c(C#N)c(C(F)(F)F)nn2-c2ccc(N=[N+]=[N-])cc2)cc1F. The number of azide groups is 1. The Balaban J connectivity index is 2.30. The smallest absolute Gasteiger partial charge is 0.436 e. The van der Waals surface area contributed by atoms with Gasteiger partial charge in [-0.05, 0) is 35.9 Å². The van der Waals surface area contributed by atoms with Crippen molar-refractivity contribution in [3.63, 3.8) is 0 Å². The maximum atomic E-state index is 14.2. The predicted octanol–water partition coefficient (Wildman–Crippen LogP) is 5.52. The fraction of sp³-hybridized carbons (Fsp3) is 0.111. The monoisotopic (exact) mass is 402 g/mol. The number of halogens is 4. The van der Waals surface area contributed by atoms with Crippen molar-refractivity contribution in [2.45, 2.75) is 6.18 Å². The lowest BCUT2D eigenvalue weighted by atomic mass is 10.1. The van der Waals surface area contributed by atoms with Gasteiger partial charge in [0.25, 0.3) is 0 Å². The van der Waals surface area contributed by atoms with Crippen LogP contribution in [-0.2, 0) is 6.18 Å². The Morgan fingerprint density at radius 3 is 2.41 bits per heavy atom. The largest absolute Gasteiger partial charge is 0.494 e. The molecule has 0 amide bonds. The highest BCUT2D eigenvalue weighted by Gasteiger charge is 2.40. The zero-order valence-electron chi connectivity index (χ0n) is 14.6. The summed E-state index contributed by atoms with van der Waals surface area (Å²) < 4.78 is 60.2. The molecule has 0 radical (unpaired) electrons. The summed E-state index contributed by atoms with van der Waals surface area (Å²) in [6.45, 7) is 0. The number of benzene rings is 2. The van der Waals surface area contributed by atoms with Crippen LogP contribution < -0.4 is 4.74 Å². The van der Waals surface area contributed by atoms with E-state index >= 15 is 0 Å². The van der Waals surface area contributed by atoms with E-state index in [0.29, 0.717) is 0 Å². The molecule has 0 fully saturated rings. The number of alkyl halides is 3. The van der Waals surface area contributed by atoms with Crippen molar-refractivity contribution < 1.29 is 22.3 Å². The minimum atomic E-state index is -4.90. The lowest BCUT2D eigenvalue weighted by Crippen LogP contribution is -2.08. The van der Waals surface area contributed by atoms with Gasteiger partial charge in [0, 0.05) is 16.2 Å². The minimum absolute atomic E-state index is 0.00183. The zero-order valence-corrected chi connectivity index (χ0v) is 14.6. The Morgan fingerprint density at radius 2 is 1.90 bits per heavy atom. The van der Waals surface area contributed by atoms with E-state index in [2.05, 4.69) is 15.1 Å². The van der Waals surface area contributed by atoms with Crippen molar-refractivity contribution in [1.82, 2.24) is 9.78 Å². The van der Waals surface area contributed by atoms with Crippen molar-refractivity contribution in [1.29, 1.82) is 5.26 Å². The summed E-state index contributed by atoms with van der Waals surface area (Å²) in [6, 6.07) is 10.5. The number of hydrogen-bond donors (Lipinski definition) is 0. The first-order valence-corrected chi connectivity index (χ1v) is 7.90. The molecule has 1 aromatic heterocycles. The average Bonchev–Trinajstić information content (AvgIpc) is 3.09. The predicted molar refractivity (Wildman–Crippen MR) is 94.0 cm³/mol. The molecule has 3 rings (SSSR count). The Labute approximate surface area is 161 Å². The van der Waals surface area contributed by atoms with Crippen LogP contribution in [0.2, 0.25) is 0 Å². The number of methoxy groups -OCH3 is 1. The van der Waals surface area contributed by atoms with Crippen LogP contribution in [0.15, 0.2) is 47.6 Å². The number of rotatable bonds is 4. The van der Waals surface area contributed by atoms with Crippen LogP contribution in [0.25, 0.3) is 27.4 Å². The second-order valence-corrected chi connectivity index (χ2v) is 5.65. The number of nitrogens with zero attached hydrogens (tertiary/aromatic N) is 6. The third-order valence-electron chi connectivity index (χ3n) is 3.95. The van der Waals surface area contributed by atoms with E-state index in [0.717, 1.165) is 10.7 Å². The van der Waals surface area contributed by atoms with E-state index in [1.54, 1.807) is 0 Å². The van der Waals surface area contributed by atoms with Crippen LogP contribution in [0.3, 0.4) is 0 Å². The first-order chi connectivity index (χ1) is 13.8. The molecule has 0 bridgehead atoms. The number of aromatic nitrogens is 2. The topological polar surface area (TPSA) is 99.6 Å². The third kappa shape index (κ3) is 3.69. The van der Waals surface area contributed by atoms with Gasteiger partial charge in [-0.25, -0.2) is 9.07 Å². The van der Waals surface area contributed by atoms with Crippen LogP contribution >= 0.6 is 0 Å².